The zero-order valence-corrected chi connectivity index (χ0v) is 14.3. The summed E-state index contributed by atoms with van der Waals surface area (Å²) in [5.74, 6) is -0.152. The maximum atomic E-state index is 14.3. The lowest BCUT2D eigenvalue weighted by atomic mass is 9.99. The van der Waals surface area contributed by atoms with Gasteiger partial charge in [-0.1, -0.05) is 36.5 Å². The van der Waals surface area contributed by atoms with Gasteiger partial charge in [0.2, 0.25) is 0 Å². The molecule has 1 unspecified atom stereocenters. The van der Waals surface area contributed by atoms with Gasteiger partial charge in [0.25, 0.3) is 5.56 Å². The van der Waals surface area contributed by atoms with E-state index < -0.39 is 5.82 Å². The molecular weight excluding hydrogens is 340 g/mol. The van der Waals surface area contributed by atoms with E-state index in [1.165, 1.54) is 6.07 Å². The first-order valence-electron chi connectivity index (χ1n) is 7.68. The summed E-state index contributed by atoms with van der Waals surface area (Å²) in [5, 5.41) is 0.375. The Balaban J connectivity index is 2.13. The fourth-order valence-electron chi connectivity index (χ4n) is 3.23. The van der Waals surface area contributed by atoms with E-state index in [9.17, 15) is 9.18 Å². The number of nitrogens with two attached hydrogens (primary N) is 1. The van der Waals surface area contributed by atoms with E-state index in [1.807, 2.05) is 0 Å². The van der Waals surface area contributed by atoms with Gasteiger partial charge in [0.1, 0.15) is 11.0 Å². The molecule has 0 saturated heterocycles. The molecule has 1 aliphatic rings. The van der Waals surface area contributed by atoms with Crippen LogP contribution in [0.2, 0.25) is 10.2 Å². The first-order chi connectivity index (χ1) is 10.9. The summed E-state index contributed by atoms with van der Waals surface area (Å²) in [6, 6.07) is 2.49. The maximum absolute atomic E-state index is 14.3. The predicted octanol–water partition coefficient (Wildman–Crippen LogP) is 4.16. The highest BCUT2D eigenvalue weighted by Crippen LogP contribution is 2.34. The van der Waals surface area contributed by atoms with Crippen LogP contribution in [0.15, 0.2) is 16.9 Å². The monoisotopic (exact) mass is 357 g/mol. The average molecular weight is 358 g/mol. The minimum atomic E-state index is -0.600. The summed E-state index contributed by atoms with van der Waals surface area (Å²) in [6.45, 7) is 3.39. The number of hydrogen-bond acceptors (Lipinski definition) is 2. The molecule has 2 heterocycles. The summed E-state index contributed by atoms with van der Waals surface area (Å²) < 4.78 is 17.6. The van der Waals surface area contributed by atoms with Crippen LogP contribution < -0.4 is 11.3 Å². The highest BCUT2D eigenvalue weighted by Gasteiger charge is 2.27. The highest BCUT2D eigenvalue weighted by atomic mass is 35.5. The molecule has 23 heavy (non-hydrogen) atoms. The number of nitrogens with zero attached hydrogens (tertiary/aromatic N) is 2. The summed E-state index contributed by atoms with van der Waals surface area (Å²) in [6.07, 6.45) is 3.10. The van der Waals surface area contributed by atoms with Crippen LogP contribution in [0, 0.1) is 11.7 Å². The molecule has 0 saturated carbocycles. The van der Waals surface area contributed by atoms with Gasteiger partial charge in [-0.05, 0) is 30.9 Å². The lowest BCUT2D eigenvalue weighted by Gasteiger charge is -2.25. The van der Waals surface area contributed by atoms with Crippen LogP contribution in [0.4, 0.5) is 10.1 Å². The number of fused-ring (bicyclic) bond motifs is 1. The molecule has 3 rings (SSSR count). The Bertz CT molecular complexity index is 813. The number of anilines is 1. The fourth-order valence-corrected chi connectivity index (χ4v) is 3.74. The largest absolute Gasteiger partial charge is 0.398 e. The minimum Gasteiger partial charge on any atom is -0.398 e. The normalized spacial score (nSPS) is 17.3. The molecular formula is C16H18Cl2FN3O. The summed E-state index contributed by atoms with van der Waals surface area (Å²) in [4.78, 5) is 12.8. The molecule has 1 aromatic carbocycles. The Labute approximate surface area is 143 Å². The Morgan fingerprint density at radius 1 is 1.35 bits per heavy atom. The third-order valence-electron chi connectivity index (χ3n) is 4.41. The zero-order valence-electron chi connectivity index (χ0n) is 12.8. The zero-order chi connectivity index (χ0) is 16.7. The second kappa shape index (κ2) is 6.21. The summed E-state index contributed by atoms with van der Waals surface area (Å²) >= 11 is 12.2. The molecule has 0 radical (unpaired) electrons. The smallest absolute Gasteiger partial charge is 0.276 e. The van der Waals surface area contributed by atoms with Crippen molar-refractivity contribution in [3.8, 4) is 11.1 Å². The number of hydrogen-bond donors (Lipinski definition) is 1. The van der Waals surface area contributed by atoms with Crippen molar-refractivity contribution >= 4 is 28.9 Å². The Morgan fingerprint density at radius 3 is 2.78 bits per heavy atom. The van der Waals surface area contributed by atoms with Crippen molar-refractivity contribution in [2.45, 2.75) is 39.3 Å². The van der Waals surface area contributed by atoms with Gasteiger partial charge in [-0.25, -0.2) is 9.07 Å². The van der Waals surface area contributed by atoms with Gasteiger partial charge in [0.05, 0.1) is 16.3 Å². The van der Waals surface area contributed by atoms with E-state index in [-0.39, 0.29) is 32.5 Å². The van der Waals surface area contributed by atoms with Crippen molar-refractivity contribution in [2.24, 2.45) is 5.92 Å². The van der Waals surface area contributed by atoms with Crippen LogP contribution in [0.3, 0.4) is 0 Å². The van der Waals surface area contributed by atoms with Crippen molar-refractivity contribution in [3.63, 3.8) is 0 Å². The third-order valence-corrected chi connectivity index (χ3v) is 5.12. The third kappa shape index (κ3) is 2.76. The van der Waals surface area contributed by atoms with E-state index in [2.05, 4.69) is 6.92 Å². The minimum absolute atomic E-state index is 0.100. The second-order valence-corrected chi connectivity index (χ2v) is 6.74. The lowest BCUT2D eigenvalue weighted by molar-refractivity contribution is 0.250. The van der Waals surface area contributed by atoms with E-state index in [0.717, 1.165) is 25.3 Å². The molecule has 1 aromatic heterocycles. The summed E-state index contributed by atoms with van der Waals surface area (Å²) in [5.41, 5.74) is 5.95. The molecule has 0 aliphatic carbocycles. The molecule has 0 fully saturated rings. The molecule has 1 atom stereocenters. The SMILES string of the molecule is CCCC1CCn2c(Cl)c(-c3cc(N)c(Cl)cc3F)c(=O)n2C1. The van der Waals surface area contributed by atoms with Gasteiger partial charge in [-0.15, -0.1) is 0 Å². The van der Waals surface area contributed by atoms with Gasteiger partial charge in [0, 0.05) is 18.7 Å². The molecule has 0 bridgehead atoms. The summed E-state index contributed by atoms with van der Waals surface area (Å²) in [7, 11) is 0. The lowest BCUT2D eigenvalue weighted by Crippen LogP contribution is -2.32. The number of nitrogen functional groups attached to an aromatic ring is 1. The number of aromatic nitrogens is 2. The molecule has 0 spiro atoms. The standard InChI is InChI=1S/C16H18Cl2FN3O/c1-2-3-9-4-5-21-15(18)14(16(23)22(21)8-9)10-6-13(20)11(17)7-12(10)19/h6-7,9H,2-5,8,20H2,1H3. The Kier molecular flexibility index (Phi) is 4.43. The fraction of sp³-hybridized carbons (Fsp3) is 0.438. The van der Waals surface area contributed by atoms with E-state index in [1.54, 1.807) is 9.36 Å². The maximum Gasteiger partial charge on any atom is 0.276 e. The van der Waals surface area contributed by atoms with Crippen molar-refractivity contribution in [2.75, 3.05) is 5.73 Å². The predicted molar refractivity (Wildman–Crippen MR) is 91.5 cm³/mol. The van der Waals surface area contributed by atoms with Gasteiger partial charge >= 0.3 is 0 Å². The molecule has 2 aromatic rings. The van der Waals surface area contributed by atoms with Crippen LogP contribution in [0.5, 0.6) is 0 Å². The Hall–Kier alpha value is -1.46. The van der Waals surface area contributed by atoms with Crippen LogP contribution >= 0.6 is 23.2 Å². The van der Waals surface area contributed by atoms with Crippen LogP contribution in [0.1, 0.15) is 26.2 Å². The molecule has 7 heteroatoms. The molecule has 1 aliphatic heterocycles. The van der Waals surface area contributed by atoms with E-state index in [4.69, 9.17) is 28.9 Å². The van der Waals surface area contributed by atoms with Crippen molar-refractivity contribution < 1.29 is 4.39 Å². The van der Waals surface area contributed by atoms with Gasteiger partial charge in [-0.2, -0.15) is 0 Å². The van der Waals surface area contributed by atoms with E-state index >= 15 is 0 Å². The van der Waals surface area contributed by atoms with Crippen LogP contribution in [-0.4, -0.2) is 9.36 Å². The average Bonchev–Trinajstić information content (AvgIpc) is 2.75. The number of benzene rings is 1. The van der Waals surface area contributed by atoms with Crippen LogP contribution in [0.25, 0.3) is 11.1 Å². The van der Waals surface area contributed by atoms with Gasteiger partial charge < -0.3 is 5.73 Å². The van der Waals surface area contributed by atoms with E-state index in [0.29, 0.717) is 19.0 Å². The molecule has 124 valence electrons. The van der Waals surface area contributed by atoms with Crippen molar-refractivity contribution in [1.29, 1.82) is 0 Å². The number of rotatable bonds is 3. The quantitative estimate of drug-likeness (QED) is 0.838. The van der Waals surface area contributed by atoms with Crippen molar-refractivity contribution in [3.05, 3.63) is 38.5 Å². The topological polar surface area (TPSA) is 52.9 Å². The first-order valence-corrected chi connectivity index (χ1v) is 8.43. The molecule has 2 N–H and O–H groups in total. The second-order valence-electron chi connectivity index (χ2n) is 5.97. The number of halogens is 3. The van der Waals surface area contributed by atoms with Crippen LogP contribution in [-0.2, 0) is 13.1 Å². The van der Waals surface area contributed by atoms with Crippen molar-refractivity contribution in [1.82, 2.24) is 9.36 Å². The molecule has 0 amide bonds. The highest BCUT2D eigenvalue weighted by molar-refractivity contribution is 6.33. The van der Waals surface area contributed by atoms with Gasteiger partial charge in [-0.3, -0.25) is 9.48 Å². The first kappa shape index (κ1) is 16.4. The van der Waals surface area contributed by atoms with Gasteiger partial charge in [0.15, 0.2) is 0 Å². The molecule has 4 nitrogen and oxygen atoms in total. The Morgan fingerprint density at radius 2 is 2.09 bits per heavy atom.